The van der Waals surface area contributed by atoms with Crippen LogP contribution in [0.15, 0.2) is 59.4 Å². The summed E-state index contributed by atoms with van der Waals surface area (Å²) in [7, 11) is 0. The van der Waals surface area contributed by atoms with E-state index in [1.165, 1.54) is 16.3 Å². The normalized spacial score (nSPS) is 11.9. The van der Waals surface area contributed by atoms with Crippen molar-refractivity contribution in [3.8, 4) is 11.3 Å². The highest BCUT2D eigenvalue weighted by Gasteiger charge is 2.21. The number of carbonyl (C=O) groups excluding carboxylic acids is 1. The molecule has 0 aliphatic carbocycles. The Morgan fingerprint density at radius 1 is 1.04 bits per heavy atom. The van der Waals surface area contributed by atoms with Gasteiger partial charge in [0.2, 0.25) is 5.91 Å². The van der Waals surface area contributed by atoms with Crippen molar-refractivity contribution in [2.24, 2.45) is 0 Å². The lowest BCUT2D eigenvalue weighted by molar-refractivity contribution is -0.119. The van der Waals surface area contributed by atoms with Crippen molar-refractivity contribution in [3.63, 3.8) is 0 Å². The van der Waals surface area contributed by atoms with E-state index in [0.29, 0.717) is 17.8 Å². The summed E-state index contributed by atoms with van der Waals surface area (Å²) in [5.74, 6) is -0.250. The Morgan fingerprint density at radius 3 is 2.50 bits per heavy atom. The molecule has 1 heterocycles. The number of amides is 1. The van der Waals surface area contributed by atoms with Crippen molar-refractivity contribution in [1.29, 1.82) is 0 Å². The summed E-state index contributed by atoms with van der Waals surface area (Å²) in [6, 6.07) is 16.1. The largest absolute Gasteiger partial charge is 0.324 e. The summed E-state index contributed by atoms with van der Waals surface area (Å²) < 4.78 is 1.29. The number of aryl methyl sites for hydroxylation is 3. The highest BCUT2D eigenvalue weighted by Crippen LogP contribution is 2.21. The Hall–Kier alpha value is -3.21. The minimum absolute atomic E-state index is 0.250. The van der Waals surface area contributed by atoms with Crippen molar-refractivity contribution in [1.82, 2.24) is 9.78 Å². The summed E-state index contributed by atoms with van der Waals surface area (Å²) in [6.45, 7) is 7.93. The maximum Gasteiger partial charge on any atom is 0.267 e. The molecule has 3 aromatic rings. The predicted molar refractivity (Wildman–Crippen MR) is 113 cm³/mol. The summed E-state index contributed by atoms with van der Waals surface area (Å²) in [4.78, 5) is 25.3. The first kappa shape index (κ1) is 19.5. The van der Waals surface area contributed by atoms with Crippen LogP contribution >= 0.6 is 0 Å². The third kappa shape index (κ3) is 4.19. The first-order valence-electron chi connectivity index (χ1n) is 9.44. The van der Waals surface area contributed by atoms with Crippen LogP contribution in [0, 0.1) is 20.8 Å². The average Bonchev–Trinajstić information content (AvgIpc) is 2.66. The van der Waals surface area contributed by atoms with Gasteiger partial charge in [0.05, 0.1) is 5.69 Å². The standard InChI is InChI=1S/C23H25N3O2/c1-5-21(23(28)24-19-8-6-7-15(2)13-19)26-22(27)12-11-20(25-26)18-10-9-16(3)17(4)14-18/h6-14,21H,5H2,1-4H3,(H,24,28)/t21-/m0/s1. The molecule has 0 radical (unpaired) electrons. The molecule has 0 aliphatic heterocycles. The van der Waals surface area contributed by atoms with Gasteiger partial charge >= 0.3 is 0 Å². The number of hydrogen-bond donors (Lipinski definition) is 1. The van der Waals surface area contributed by atoms with Gasteiger partial charge in [-0.3, -0.25) is 9.59 Å². The van der Waals surface area contributed by atoms with Gasteiger partial charge in [0, 0.05) is 17.3 Å². The first-order chi connectivity index (χ1) is 13.4. The smallest absolute Gasteiger partial charge is 0.267 e. The second kappa shape index (κ2) is 8.21. The molecule has 0 saturated carbocycles. The highest BCUT2D eigenvalue weighted by molar-refractivity contribution is 5.93. The van der Waals surface area contributed by atoms with Crippen LogP contribution in [0.4, 0.5) is 5.69 Å². The molecular weight excluding hydrogens is 350 g/mol. The van der Waals surface area contributed by atoms with Crippen LogP contribution in [0.1, 0.15) is 36.1 Å². The monoisotopic (exact) mass is 375 g/mol. The Bertz CT molecular complexity index is 1070. The van der Waals surface area contributed by atoms with E-state index in [1.54, 1.807) is 6.07 Å². The number of nitrogens with zero attached hydrogens (tertiary/aromatic N) is 2. The topological polar surface area (TPSA) is 64.0 Å². The van der Waals surface area contributed by atoms with Gasteiger partial charge in [0.1, 0.15) is 6.04 Å². The van der Waals surface area contributed by atoms with Gasteiger partial charge in [0.15, 0.2) is 0 Å². The minimum atomic E-state index is -0.681. The van der Waals surface area contributed by atoms with Gasteiger partial charge in [-0.05, 0) is 68.1 Å². The van der Waals surface area contributed by atoms with Crippen LogP contribution in [0.2, 0.25) is 0 Å². The molecular formula is C23H25N3O2. The number of benzene rings is 2. The third-order valence-electron chi connectivity index (χ3n) is 4.90. The average molecular weight is 375 g/mol. The van der Waals surface area contributed by atoms with E-state index in [9.17, 15) is 9.59 Å². The van der Waals surface area contributed by atoms with Gasteiger partial charge in [-0.2, -0.15) is 5.10 Å². The fourth-order valence-electron chi connectivity index (χ4n) is 3.12. The van der Waals surface area contributed by atoms with E-state index in [4.69, 9.17) is 0 Å². The molecule has 0 unspecified atom stereocenters. The van der Waals surface area contributed by atoms with Crippen LogP contribution in [-0.4, -0.2) is 15.7 Å². The van der Waals surface area contributed by atoms with E-state index in [1.807, 2.05) is 63.2 Å². The molecule has 0 aliphatic rings. The zero-order valence-corrected chi connectivity index (χ0v) is 16.7. The highest BCUT2D eigenvalue weighted by atomic mass is 16.2. The third-order valence-corrected chi connectivity index (χ3v) is 4.90. The molecule has 0 bridgehead atoms. The molecule has 2 aromatic carbocycles. The van der Waals surface area contributed by atoms with Crippen molar-refractivity contribution >= 4 is 11.6 Å². The zero-order valence-electron chi connectivity index (χ0n) is 16.7. The minimum Gasteiger partial charge on any atom is -0.324 e. The van der Waals surface area contributed by atoms with Crippen molar-refractivity contribution in [3.05, 3.63) is 81.6 Å². The van der Waals surface area contributed by atoms with Gasteiger partial charge < -0.3 is 5.32 Å². The maximum absolute atomic E-state index is 12.8. The number of aromatic nitrogens is 2. The van der Waals surface area contributed by atoms with Crippen molar-refractivity contribution < 1.29 is 4.79 Å². The van der Waals surface area contributed by atoms with Gasteiger partial charge in [-0.25, -0.2) is 4.68 Å². The number of anilines is 1. The second-order valence-electron chi connectivity index (χ2n) is 7.08. The summed E-state index contributed by atoms with van der Waals surface area (Å²) in [6.07, 6.45) is 0.459. The molecule has 5 nitrogen and oxygen atoms in total. The van der Waals surface area contributed by atoms with Crippen LogP contribution in [0.3, 0.4) is 0 Å². The Labute approximate surface area is 165 Å². The van der Waals surface area contributed by atoms with Gasteiger partial charge in [-0.15, -0.1) is 0 Å². The Kier molecular flexibility index (Phi) is 5.73. The number of hydrogen-bond acceptors (Lipinski definition) is 3. The molecule has 1 atom stereocenters. The summed E-state index contributed by atoms with van der Waals surface area (Å²) >= 11 is 0. The number of carbonyl (C=O) groups is 1. The van der Waals surface area contributed by atoms with E-state index < -0.39 is 6.04 Å². The molecule has 28 heavy (non-hydrogen) atoms. The van der Waals surface area contributed by atoms with Gasteiger partial charge in [0.25, 0.3) is 5.56 Å². The number of rotatable bonds is 5. The predicted octanol–water partition coefficient (Wildman–Crippen LogP) is 4.43. The molecule has 3 rings (SSSR count). The van der Waals surface area contributed by atoms with Crippen LogP contribution in [0.5, 0.6) is 0 Å². The van der Waals surface area contributed by atoms with Crippen LogP contribution in [-0.2, 0) is 4.79 Å². The fraction of sp³-hybridized carbons (Fsp3) is 0.261. The molecule has 1 aromatic heterocycles. The molecule has 0 saturated heterocycles. The first-order valence-corrected chi connectivity index (χ1v) is 9.44. The SMILES string of the molecule is CC[C@@H](C(=O)Nc1cccc(C)c1)n1nc(-c2ccc(C)c(C)c2)ccc1=O. The quantitative estimate of drug-likeness (QED) is 0.718. The zero-order chi connectivity index (χ0) is 20.3. The van der Waals surface area contributed by atoms with Crippen molar-refractivity contribution in [2.75, 3.05) is 5.32 Å². The second-order valence-corrected chi connectivity index (χ2v) is 7.08. The molecule has 1 N–H and O–H groups in total. The number of nitrogens with one attached hydrogen (secondary N) is 1. The molecule has 0 spiro atoms. The lowest BCUT2D eigenvalue weighted by Gasteiger charge is -2.18. The molecule has 0 fully saturated rings. The van der Waals surface area contributed by atoms with E-state index in [-0.39, 0.29) is 11.5 Å². The van der Waals surface area contributed by atoms with E-state index >= 15 is 0 Å². The summed E-state index contributed by atoms with van der Waals surface area (Å²) in [5.41, 5.74) is 5.41. The molecule has 5 heteroatoms. The lowest BCUT2D eigenvalue weighted by Crippen LogP contribution is -2.34. The Morgan fingerprint density at radius 2 is 1.82 bits per heavy atom. The van der Waals surface area contributed by atoms with E-state index in [0.717, 1.165) is 16.7 Å². The van der Waals surface area contributed by atoms with Crippen molar-refractivity contribution in [2.45, 2.75) is 40.2 Å². The maximum atomic E-state index is 12.8. The van der Waals surface area contributed by atoms with Crippen LogP contribution < -0.4 is 10.9 Å². The fourth-order valence-corrected chi connectivity index (χ4v) is 3.12. The van der Waals surface area contributed by atoms with E-state index in [2.05, 4.69) is 17.3 Å². The lowest BCUT2D eigenvalue weighted by atomic mass is 10.0. The Balaban J connectivity index is 1.94. The summed E-state index contributed by atoms with van der Waals surface area (Å²) in [5, 5.41) is 7.40. The van der Waals surface area contributed by atoms with Gasteiger partial charge in [-0.1, -0.05) is 31.2 Å². The molecule has 1 amide bonds. The van der Waals surface area contributed by atoms with Crippen LogP contribution in [0.25, 0.3) is 11.3 Å². The molecule has 144 valence electrons.